The van der Waals surface area contributed by atoms with Crippen molar-refractivity contribution in [1.82, 2.24) is 14.3 Å². The number of carbonyl (C=O) groups excluding carboxylic acids is 1. The number of rotatable bonds is 5. The molecule has 0 saturated carbocycles. The minimum absolute atomic E-state index is 0.0366. The van der Waals surface area contributed by atoms with E-state index in [4.69, 9.17) is 0 Å². The Morgan fingerprint density at radius 1 is 1.17 bits per heavy atom. The summed E-state index contributed by atoms with van der Waals surface area (Å²) < 4.78 is 1.92. The number of hydrogen-bond donors (Lipinski definition) is 0. The van der Waals surface area contributed by atoms with E-state index in [0.29, 0.717) is 18.8 Å². The number of aryl methyl sites for hydroxylation is 2. The number of amides is 1. The molecule has 1 aromatic carbocycles. The highest BCUT2D eigenvalue weighted by atomic mass is 16.2. The van der Waals surface area contributed by atoms with Gasteiger partial charge in [-0.25, -0.2) is 4.98 Å². The Hall–Kier alpha value is -2.62. The van der Waals surface area contributed by atoms with Gasteiger partial charge in [-0.2, -0.15) is 0 Å². The number of carbonyl (C=O) groups is 1. The number of imidazole rings is 1. The van der Waals surface area contributed by atoms with Crippen molar-refractivity contribution in [1.29, 1.82) is 0 Å². The van der Waals surface area contributed by atoms with Gasteiger partial charge in [0.1, 0.15) is 11.3 Å². The molecule has 0 bridgehead atoms. The van der Waals surface area contributed by atoms with Crippen LogP contribution in [0.15, 0.2) is 48.7 Å². The molecule has 2 aromatic heterocycles. The van der Waals surface area contributed by atoms with E-state index >= 15 is 0 Å². The summed E-state index contributed by atoms with van der Waals surface area (Å²) in [5.41, 5.74) is 4.66. The maximum Gasteiger partial charge on any atom is 0.273 e. The summed E-state index contributed by atoms with van der Waals surface area (Å²) in [5, 5.41) is 0. The molecular weight excluding hydrogens is 298 g/mol. The van der Waals surface area contributed by atoms with Gasteiger partial charge >= 0.3 is 0 Å². The van der Waals surface area contributed by atoms with Gasteiger partial charge in [-0.05, 0) is 43.5 Å². The van der Waals surface area contributed by atoms with Gasteiger partial charge < -0.3 is 4.90 Å². The van der Waals surface area contributed by atoms with Crippen LogP contribution in [0.4, 0.5) is 0 Å². The van der Waals surface area contributed by atoms with Crippen molar-refractivity contribution >= 4 is 11.6 Å². The van der Waals surface area contributed by atoms with Crippen LogP contribution in [-0.2, 0) is 13.0 Å². The molecule has 0 saturated heterocycles. The molecule has 124 valence electrons. The third-order valence-electron chi connectivity index (χ3n) is 4.28. The average molecular weight is 321 g/mol. The second-order valence-corrected chi connectivity index (χ2v) is 6.00. The molecule has 24 heavy (non-hydrogen) atoms. The smallest absolute Gasteiger partial charge is 0.273 e. The van der Waals surface area contributed by atoms with E-state index in [1.54, 1.807) is 0 Å². The van der Waals surface area contributed by atoms with Gasteiger partial charge in [-0.3, -0.25) is 9.20 Å². The van der Waals surface area contributed by atoms with Crippen molar-refractivity contribution in [3.8, 4) is 0 Å². The van der Waals surface area contributed by atoms with Crippen molar-refractivity contribution in [2.24, 2.45) is 0 Å². The largest absolute Gasteiger partial charge is 0.333 e. The maximum atomic E-state index is 13.2. The van der Waals surface area contributed by atoms with E-state index in [1.165, 1.54) is 0 Å². The molecule has 0 atom stereocenters. The monoisotopic (exact) mass is 321 g/mol. The Kier molecular flexibility index (Phi) is 4.65. The summed E-state index contributed by atoms with van der Waals surface area (Å²) in [7, 11) is 0. The maximum absolute atomic E-state index is 13.2. The van der Waals surface area contributed by atoms with Gasteiger partial charge in [0, 0.05) is 19.3 Å². The standard InChI is InChI=1S/C20H23N3O/c1-4-17-19(23-12-11-15(3)13-18(23)21-17)20(24)22(5-2)14-16-9-7-6-8-10-16/h6-13H,4-5,14H2,1-3H3. The molecule has 0 fully saturated rings. The molecule has 2 heterocycles. The van der Waals surface area contributed by atoms with Crippen LogP contribution in [0.2, 0.25) is 0 Å². The Balaban J connectivity index is 2.00. The summed E-state index contributed by atoms with van der Waals surface area (Å²) in [6.07, 6.45) is 2.69. The van der Waals surface area contributed by atoms with E-state index in [1.807, 2.05) is 66.6 Å². The Morgan fingerprint density at radius 2 is 1.92 bits per heavy atom. The highest BCUT2D eigenvalue weighted by Crippen LogP contribution is 2.18. The number of hydrogen-bond acceptors (Lipinski definition) is 2. The molecule has 0 aliphatic heterocycles. The second kappa shape index (κ2) is 6.87. The predicted molar refractivity (Wildman–Crippen MR) is 96.2 cm³/mol. The third kappa shape index (κ3) is 3.04. The zero-order valence-electron chi connectivity index (χ0n) is 14.5. The summed E-state index contributed by atoms with van der Waals surface area (Å²) in [5.74, 6) is 0.0366. The lowest BCUT2D eigenvalue weighted by molar-refractivity contribution is 0.0744. The predicted octanol–water partition coefficient (Wildman–Crippen LogP) is 3.87. The van der Waals surface area contributed by atoms with E-state index in [0.717, 1.165) is 28.9 Å². The van der Waals surface area contributed by atoms with Crippen LogP contribution in [0.5, 0.6) is 0 Å². The van der Waals surface area contributed by atoms with Gasteiger partial charge in [0.05, 0.1) is 5.69 Å². The summed E-state index contributed by atoms with van der Waals surface area (Å²) >= 11 is 0. The summed E-state index contributed by atoms with van der Waals surface area (Å²) in [4.78, 5) is 19.7. The Labute approximate surface area is 142 Å². The van der Waals surface area contributed by atoms with Gasteiger partial charge in [-0.1, -0.05) is 37.3 Å². The molecular formula is C20H23N3O. The fourth-order valence-corrected chi connectivity index (χ4v) is 2.95. The average Bonchev–Trinajstić information content (AvgIpc) is 2.97. The van der Waals surface area contributed by atoms with Gasteiger partial charge in [0.25, 0.3) is 5.91 Å². The van der Waals surface area contributed by atoms with Crippen LogP contribution >= 0.6 is 0 Å². The molecule has 4 nitrogen and oxygen atoms in total. The van der Waals surface area contributed by atoms with E-state index < -0.39 is 0 Å². The first kappa shape index (κ1) is 16.2. The molecule has 0 aliphatic rings. The number of nitrogens with zero attached hydrogens (tertiary/aromatic N) is 3. The van der Waals surface area contributed by atoms with Crippen molar-refractivity contribution in [3.63, 3.8) is 0 Å². The first-order valence-electron chi connectivity index (χ1n) is 8.44. The topological polar surface area (TPSA) is 37.6 Å². The lowest BCUT2D eigenvalue weighted by Gasteiger charge is -2.21. The lowest BCUT2D eigenvalue weighted by atomic mass is 10.2. The quantitative estimate of drug-likeness (QED) is 0.715. The highest BCUT2D eigenvalue weighted by Gasteiger charge is 2.22. The van der Waals surface area contributed by atoms with E-state index in [-0.39, 0.29) is 5.91 Å². The van der Waals surface area contributed by atoms with Crippen LogP contribution in [0.1, 0.15) is 41.2 Å². The van der Waals surface area contributed by atoms with Crippen LogP contribution < -0.4 is 0 Å². The van der Waals surface area contributed by atoms with Gasteiger partial charge in [0.2, 0.25) is 0 Å². The number of fused-ring (bicyclic) bond motifs is 1. The third-order valence-corrected chi connectivity index (χ3v) is 4.28. The minimum atomic E-state index is 0.0366. The molecule has 3 rings (SSSR count). The van der Waals surface area contributed by atoms with Gasteiger partial charge in [0.15, 0.2) is 0 Å². The Morgan fingerprint density at radius 3 is 2.58 bits per heavy atom. The SMILES string of the molecule is CCc1nc2cc(C)ccn2c1C(=O)N(CC)Cc1ccccc1. The molecule has 0 aliphatic carbocycles. The first-order valence-corrected chi connectivity index (χ1v) is 8.44. The zero-order chi connectivity index (χ0) is 17.1. The molecule has 3 aromatic rings. The van der Waals surface area contributed by atoms with Crippen LogP contribution in [-0.4, -0.2) is 26.7 Å². The highest BCUT2D eigenvalue weighted by molar-refractivity contribution is 5.94. The number of pyridine rings is 1. The van der Waals surface area contributed by atoms with Crippen LogP contribution in [0, 0.1) is 6.92 Å². The number of aromatic nitrogens is 2. The fourth-order valence-electron chi connectivity index (χ4n) is 2.95. The summed E-state index contributed by atoms with van der Waals surface area (Å²) in [6.45, 7) is 7.36. The molecule has 0 radical (unpaired) electrons. The van der Waals surface area contributed by atoms with E-state index in [9.17, 15) is 4.79 Å². The van der Waals surface area contributed by atoms with Crippen molar-refractivity contribution < 1.29 is 4.79 Å². The molecule has 4 heteroatoms. The van der Waals surface area contributed by atoms with Gasteiger partial charge in [-0.15, -0.1) is 0 Å². The molecule has 0 spiro atoms. The summed E-state index contributed by atoms with van der Waals surface area (Å²) in [6, 6.07) is 14.1. The zero-order valence-corrected chi connectivity index (χ0v) is 14.5. The Bertz CT molecular complexity index is 852. The molecule has 0 N–H and O–H groups in total. The van der Waals surface area contributed by atoms with Crippen LogP contribution in [0.3, 0.4) is 0 Å². The second-order valence-electron chi connectivity index (χ2n) is 6.00. The first-order chi connectivity index (χ1) is 11.6. The van der Waals surface area contributed by atoms with Crippen molar-refractivity contribution in [2.45, 2.75) is 33.7 Å². The molecule has 0 unspecified atom stereocenters. The lowest BCUT2D eigenvalue weighted by Crippen LogP contribution is -2.32. The van der Waals surface area contributed by atoms with E-state index in [2.05, 4.69) is 17.1 Å². The minimum Gasteiger partial charge on any atom is -0.333 e. The molecule has 1 amide bonds. The normalized spacial score (nSPS) is 11.0. The van der Waals surface area contributed by atoms with Crippen molar-refractivity contribution in [2.75, 3.05) is 6.54 Å². The number of benzene rings is 1. The van der Waals surface area contributed by atoms with Crippen LogP contribution in [0.25, 0.3) is 5.65 Å². The fraction of sp³-hybridized carbons (Fsp3) is 0.300. The van der Waals surface area contributed by atoms with Crippen molar-refractivity contribution in [3.05, 3.63) is 71.2 Å².